The van der Waals surface area contributed by atoms with E-state index in [2.05, 4.69) is 5.32 Å². The van der Waals surface area contributed by atoms with Crippen LogP contribution in [-0.4, -0.2) is 50.4 Å². The van der Waals surface area contributed by atoms with Gasteiger partial charge in [-0.05, 0) is 88.7 Å². The van der Waals surface area contributed by atoms with Gasteiger partial charge in [0, 0.05) is 22.1 Å². The molecule has 0 bridgehead atoms. The molecule has 0 fully saturated rings. The maximum absolute atomic E-state index is 14.0. The molecule has 0 radical (unpaired) electrons. The molecule has 11 heteroatoms. The Kier molecular flexibility index (Phi) is 10.3. The van der Waals surface area contributed by atoms with Crippen molar-refractivity contribution in [1.29, 1.82) is 0 Å². The monoisotopic (exact) mass is 619 g/mol. The van der Waals surface area contributed by atoms with E-state index in [0.717, 1.165) is 9.87 Å². The minimum Gasteiger partial charge on any atom is -0.497 e. The van der Waals surface area contributed by atoms with Gasteiger partial charge in [0.1, 0.15) is 18.3 Å². The topological polar surface area (TPSA) is 96.0 Å². The third kappa shape index (κ3) is 8.38. The number of carbonyl (C=O) groups is 2. The lowest BCUT2D eigenvalue weighted by Crippen LogP contribution is -2.54. The van der Waals surface area contributed by atoms with Crippen LogP contribution in [0.25, 0.3) is 0 Å². The lowest BCUT2D eigenvalue weighted by Gasteiger charge is -2.33. The van der Waals surface area contributed by atoms with Gasteiger partial charge < -0.3 is 15.0 Å². The number of rotatable bonds is 10. The van der Waals surface area contributed by atoms with E-state index in [-0.39, 0.29) is 17.1 Å². The molecular formula is C30H35Cl2N3O5S. The molecule has 1 atom stereocenters. The summed E-state index contributed by atoms with van der Waals surface area (Å²) in [5.41, 5.74) is 1.15. The van der Waals surface area contributed by atoms with Crippen molar-refractivity contribution in [3.05, 3.63) is 87.9 Å². The van der Waals surface area contributed by atoms with Gasteiger partial charge in [0.05, 0.1) is 17.7 Å². The lowest BCUT2D eigenvalue weighted by molar-refractivity contribution is -0.140. The average molecular weight is 621 g/mol. The molecular weight excluding hydrogens is 585 g/mol. The van der Waals surface area contributed by atoms with Crippen LogP contribution in [0.3, 0.4) is 0 Å². The van der Waals surface area contributed by atoms with Gasteiger partial charge in [-0.25, -0.2) is 8.42 Å². The fourth-order valence-corrected chi connectivity index (χ4v) is 5.89. The first-order valence-corrected chi connectivity index (χ1v) is 15.1. The van der Waals surface area contributed by atoms with E-state index >= 15 is 0 Å². The van der Waals surface area contributed by atoms with Crippen LogP contribution in [0.4, 0.5) is 5.69 Å². The normalized spacial score (nSPS) is 12.4. The molecule has 0 heterocycles. The Morgan fingerprint density at radius 2 is 1.59 bits per heavy atom. The number of nitrogens with zero attached hydrogens (tertiary/aromatic N) is 2. The zero-order valence-corrected chi connectivity index (χ0v) is 26.3. The van der Waals surface area contributed by atoms with Gasteiger partial charge in [0.15, 0.2) is 0 Å². The Morgan fingerprint density at radius 3 is 2.12 bits per heavy atom. The summed E-state index contributed by atoms with van der Waals surface area (Å²) in [6.07, 6.45) is 0. The number of carbonyl (C=O) groups excluding carboxylic acids is 2. The molecule has 0 saturated heterocycles. The summed E-state index contributed by atoms with van der Waals surface area (Å²) >= 11 is 12.5. The maximum Gasteiger partial charge on any atom is 0.264 e. The van der Waals surface area contributed by atoms with Crippen LogP contribution in [0.1, 0.15) is 38.8 Å². The third-order valence-corrected chi connectivity index (χ3v) is 8.64. The molecule has 1 N–H and O–H groups in total. The molecule has 0 aliphatic heterocycles. The Hall–Kier alpha value is -3.27. The summed E-state index contributed by atoms with van der Waals surface area (Å²) in [7, 11) is -2.68. The highest BCUT2D eigenvalue weighted by atomic mass is 35.5. The number of hydrogen-bond acceptors (Lipinski definition) is 5. The molecule has 220 valence electrons. The van der Waals surface area contributed by atoms with Gasteiger partial charge in [0.2, 0.25) is 11.8 Å². The summed E-state index contributed by atoms with van der Waals surface area (Å²) in [5.74, 6) is -0.466. The number of aryl methyl sites for hydroxylation is 1. The predicted molar refractivity (Wildman–Crippen MR) is 163 cm³/mol. The van der Waals surface area contributed by atoms with Crippen LogP contribution < -0.4 is 14.4 Å². The average Bonchev–Trinajstić information content (AvgIpc) is 2.90. The molecule has 41 heavy (non-hydrogen) atoms. The van der Waals surface area contributed by atoms with Gasteiger partial charge in [-0.2, -0.15) is 0 Å². The van der Waals surface area contributed by atoms with Crippen LogP contribution in [0.15, 0.2) is 71.6 Å². The van der Waals surface area contributed by atoms with E-state index < -0.39 is 40.0 Å². The third-order valence-electron chi connectivity index (χ3n) is 6.27. The number of sulfonamides is 1. The molecule has 0 aliphatic rings. The standard InChI is InChI=1S/C30H35Cl2N3O5S/c1-20-7-15-26(16-8-20)41(38,39)35(24-11-13-25(40-6)14-12-24)19-28(36)34(21(2)29(37)33-30(3,4)5)18-22-9-10-23(31)17-27(22)32/h7-17,21H,18-19H2,1-6H3,(H,33,37)/t21-/m1/s1. The molecule has 3 rings (SSSR count). The fourth-order valence-electron chi connectivity index (χ4n) is 4.00. The van der Waals surface area contributed by atoms with Crippen LogP contribution >= 0.6 is 23.2 Å². The molecule has 3 aromatic rings. The molecule has 2 amide bonds. The van der Waals surface area contributed by atoms with Crippen molar-refractivity contribution in [2.45, 2.75) is 57.6 Å². The minimum atomic E-state index is -4.18. The minimum absolute atomic E-state index is 0.0255. The van der Waals surface area contributed by atoms with Crippen molar-refractivity contribution in [3.8, 4) is 5.75 Å². The molecule has 0 spiro atoms. The van der Waals surface area contributed by atoms with Crippen LogP contribution in [0, 0.1) is 6.92 Å². The molecule has 3 aromatic carbocycles. The van der Waals surface area contributed by atoms with E-state index in [9.17, 15) is 18.0 Å². The van der Waals surface area contributed by atoms with Crippen LogP contribution in [-0.2, 0) is 26.2 Å². The number of halogens is 2. The van der Waals surface area contributed by atoms with E-state index in [1.54, 1.807) is 61.5 Å². The summed E-state index contributed by atoms with van der Waals surface area (Å²) in [5, 5.41) is 3.63. The first kappa shape index (κ1) is 32.2. The van der Waals surface area contributed by atoms with E-state index in [0.29, 0.717) is 21.4 Å². The molecule has 8 nitrogen and oxygen atoms in total. The lowest BCUT2D eigenvalue weighted by atomic mass is 10.1. The highest BCUT2D eigenvalue weighted by Crippen LogP contribution is 2.28. The van der Waals surface area contributed by atoms with Gasteiger partial charge in [-0.15, -0.1) is 0 Å². The number of ether oxygens (including phenoxy) is 1. The second kappa shape index (κ2) is 13.1. The van der Waals surface area contributed by atoms with E-state index in [1.807, 2.05) is 27.7 Å². The summed E-state index contributed by atoms with van der Waals surface area (Å²) in [6.45, 7) is 8.33. The number of amides is 2. The second-order valence-electron chi connectivity index (χ2n) is 10.7. The van der Waals surface area contributed by atoms with Gasteiger partial charge in [-0.1, -0.05) is 47.0 Å². The van der Waals surface area contributed by atoms with Gasteiger partial charge in [0.25, 0.3) is 10.0 Å². The number of methoxy groups -OCH3 is 1. The van der Waals surface area contributed by atoms with Gasteiger partial charge in [-0.3, -0.25) is 13.9 Å². The predicted octanol–water partition coefficient (Wildman–Crippen LogP) is 5.84. The second-order valence-corrected chi connectivity index (χ2v) is 13.4. The first-order chi connectivity index (χ1) is 19.1. The van der Waals surface area contributed by atoms with E-state index in [1.165, 1.54) is 24.1 Å². The zero-order valence-electron chi connectivity index (χ0n) is 23.9. The highest BCUT2D eigenvalue weighted by molar-refractivity contribution is 7.92. The Morgan fingerprint density at radius 1 is 0.976 bits per heavy atom. The first-order valence-electron chi connectivity index (χ1n) is 12.9. The van der Waals surface area contributed by atoms with Crippen molar-refractivity contribution >= 4 is 50.7 Å². The number of hydrogen-bond donors (Lipinski definition) is 1. The summed E-state index contributed by atoms with van der Waals surface area (Å²) in [4.78, 5) is 28.6. The number of anilines is 1. The SMILES string of the molecule is COc1ccc(N(CC(=O)N(Cc2ccc(Cl)cc2Cl)[C@H](C)C(=O)NC(C)(C)C)S(=O)(=O)c2ccc(C)cc2)cc1. The van der Waals surface area contributed by atoms with Crippen molar-refractivity contribution in [3.63, 3.8) is 0 Å². The largest absolute Gasteiger partial charge is 0.497 e. The maximum atomic E-state index is 14.0. The number of benzene rings is 3. The highest BCUT2D eigenvalue weighted by Gasteiger charge is 2.33. The van der Waals surface area contributed by atoms with Crippen LogP contribution in [0.5, 0.6) is 5.75 Å². The van der Waals surface area contributed by atoms with Crippen molar-refractivity contribution in [2.24, 2.45) is 0 Å². The van der Waals surface area contributed by atoms with Crippen molar-refractivity contribution < 1.29 is 22.7 Å². The van der Waals surface area contributed by atoms with Crippen molar-refractivity contribution in [1.82, 2.24) is 10.2 Å². The van der Waals surface area contributed by atoms with Crippen LogP contribution in [0.2, 0.25) is 10.0 Å². The molecule has 0 aliphatic carbocycles. The molecule has 0 saturated carbocycles. The number of nitrogens with one attached hydrogen (secondary N) is 1. The van der Waals surface area contributed by atoms with Gasteiger partial charge >= 0.3 is 0 Å². The fraction of sp³-hybridized carbons (Fsp3) is 0.333. The van der Waals surface area contributed by atoms with Crippen molar-refractivity contribution in [2.75, 3.05) is 18.0 Å². The summed E-state index contributed by atoms with van der Waals surface area (Å²) < 4.78 is 34.1. The zero-order chi connectivity index (χ0) is 30.5. The summed E-state index contributed by atoms with van der Waals surface area (Å²) in [6, 6.07) is 16.6. The smallest absolute Gasteiger partial charge is 0.264 e. The Bertz CT molecular complexity index is 1490. The Balaban J connectivity index is 2.06. The Labute approximate surface area is 252 Å². The van der Waals surface area contributed by atoms with E-state index in [4.69, 9.17) is 27.9 Å². The molecule has 0 aromatic heterocycles. The quantitative estimate of drug-likeness (QED) is 0.308. The molecule has 0 unspecified atom stereocenters.